The van der Waals surface area contributed by atoms with Crippen LogP contribution < -0.4 is 0 Å². The summed E-state index contributed by atoms with van der Waals surface area (Å²) in [6, 6.07) is 31.1. The van der Waals surface area contributed by atoms with Crippen molar-refractivity contribution in [3.8, 4) is 5.69 Å². The van der Waals surface area contributed by atoms with E-state index in [0.29, 0.717) is 0 Å². The van der Waals surface area contributed by atoms with E-state index in [1.54, 1.807) is 0 Å². The molecule has 7 aromatic rings. The van der Waals surface area contributed by atoms with E-state index in [1.165, 1.54) is 57.8 Å². The zero-order valence-corrected chi connectivity index (χ0v) is 17.1. The zero-order chi connectivity index (χ0) is 18.9. The maximum Gasteiger partial charge on any atom is 0.0641 e. The molecule has 0 bridgehead atoms. The summed E-state index contributed by atoms with van der Waals surface area (Å²) in [5.41, 5.74) is 3.86. The fraction of sp³-hybridized carbons (Fsp3) is 0. The van der Waals surface area contributed by atoms with Gasteiger partial charge in [-0.2, -0.15) is 0 Å². The molecule has 7 rings (SSSR count). The Hall–Kier alpha value is -3.14. The van der Waals surface area contributed by atoms with Gasteiger partial charge in [0.25, 0.3) is 0 Å². The minimum absolute atomic E-state index is 1.27. The Morgan fingerprint density at radius 1 is 0.552 bits per heavy atom. The normalized spacial score (nSPS) is 12.1. The SMILES string of the molecule is c1ccc2c(c1)sc1c(-n3c4ccccc4c4ccc5sccc5c43)cccc12. The minimum atomic E-state index is 1.27. The smallest absolute Gasteiger partial charge is 0.0641 e. The van der Waals surface area contributed by atoms with Crippen LogP contribution in [-0.2, 0) is 0 Å². The highest BCUT2D eigenvalue weighted by Crippen LogP contribution is 2.42. The third-order valence-corrected chi connectivity index (χ3v) is 7.98. The molecule has 29 heavy (non-hydrogen) atoms. The van der Waals surface area contributed by atoms with Gasteiger partial charge in [0.2, 0.25) is 0 Å². The van der Waals surface area contributed by atoms with Gasteiger partial charge in [-0.1, -0.05) is 54.6 Å². The van der Waals surface area contributed by atoms with E-state index in [0.717, 1.165) is 0 Å². The first kappa shape index (κ1) is 15.7. The maximum absolute atomic E-state index is 2.48. The van der Waals surface area contributed by atoms with Crippen LogP contribution in [0.4, 0.5) is 0 Å². The van der Waals surface area contributed by atoms with Gasteiger partial charge >= 0.3 is 0 Å². The van der Waals surface area contributed by atoms with Crippen LogP contribution in [0, 0.1) is 0 Å². The van der Waals surface area contributed by atoms with Crippen molar-refractivity contribution in [2.24, 2.45) is 0 Å². The molecule has 0 radical (unpaired) electrons. The number of hydrogen-bond acceptors (Lipinski definition) is 2. The number of aromatic nitrogens is 1. The molecule has 3 heterocycles. The molecule has 136 valence electrons. The lowest BCUT2D eigenvalue weighted by molar-refractivity contribution is 1.21. The highest BCUT2D eigenvalue weighted by atomic mass is 32.1. The standard InChI is InChI=1S/C26H15NS2/c1-3-9-21-16(6-1)18-12-13-23-20(14-15-28-23)25(18)27(21)22-10-5-8-19-17-7-2-4-11-24(17)29-26(19)22/h1-15H. The third-order valence-electron chi connectivity index (χ3n) is 5.89. The zero-order valence-electron chi connectivity index (χ0n) is 15.4. The van der Waals surface area contributed by atoms with E-state index in [9.17, 15) is 0 Å². The number of benzene rings is 4. The van der Waals surface area contributed by atoms with Gasteiger partial charge in [-0.05, 0) is 35.7 Å². The summed E-state index contributed by atoms with van der Waals surface area (Å²) in [6.45, 7) is 0. The van der Waals surface area contributed by atoms with Crippen molar-refractivity contribution < 1.29 is 0 Å². The van der Waals surface area contributed by atoms with Crippen molar-refractivity contribution >= 4 is 74.7 Å². The Kier molecular flexibility index (Phi) is 3.09. The number of para-hydroxylation sites is 1. The molecule has 0 atom stereocenters. The predicted octanol–water partition coefficient (Wildman–Crippen LogP) is 8.37. The summed E-state index contributed by atoms with van der Waals surface area (Å²) >= 11 is 3.71. The monoisotopic (exact) mass is 405 g/mol. The van der Waals surface area contributed by atoms with Crippen molar-refractivity contribution in [1.29, 1.82) is 0 Å². The number of fused-ring (bicyclic) bond motifs is 8. The van der Waals surface area contributed by atoms with Crippen LogP contribution in [0.5, 0.6) is 0 Å². The van der Waals surface area contributed by atoms with E-state index < -0.39 is 0 Å². The summed E-state index contributed by atoms with van der Waals surface area (Å²) in [5, 5.41) is 8.86. The average Bonchev–Trinajstić information content (AvgIpc) is 3.46. The Bertz CT molecular complexity index is 1710. The second kappa shape index (κ2) is 5.69. The molecule has 0 amide bonds. The van der Waals surface area contributed by atoms with Crippen LogP contribution in [0.3, 0.4) is 0 Å². The molecule has 0 spiro atoms. The van der Waals surface area contributed by atoms with Gasteiger partial charge in [0.15, 0.2) is 0 Å². The maximum atomic E-state index is 2.48. The van der Waals surface area contributed by atoms with Crippen LogP contribution in [0.25, 0.3) is 57.8 Å². The van der Waals surface area contributed by atoms with E-state index in [1.807, 2.05) is 22.7 Å². The first-order valence-corrected chi connectivity index (χ1v) is 11.4. The summed E-state index contributed by atoms with van der Waals surface area (Å²) in [6.07, 6.45) is 0. The van der Waals surface area contributed by atoms with Gasteiger partial charge in [0, 0.05) is 36.3 Å². The number of hydrogen-bond donors (Lipinski definition) is 0. The van der Waals surface area contributed by atoms with Crippen molar-refractivity contribution in [1.82, 2.24) is 4.57 Å². The van der Waals surface area contributed by atoms with E-state index in [4.69, 9.17) is 0 Å². The van der Waals surface area contributed by atoms with E-state index in [-0.39, 0.29) is 0 Å². The fourth-order valence-corrected chi connectivity index (χ4v) is 6.66. The number of rotatable bonds is 1. The molecule has 3 aromatic heterocycles. The topological polar surface area (TPSA) is 4.93 Å². The molecular formula is C26H15NS2. The quantitative estimate of drug-likeness (QED) is 0.258. The molecule has 0 saturated carbocycles. The summed E-state index contributed by atoms with van der Waals surface area (Å²) in [5.74, 6) is 0. The lowest BCUT2D eigenvalue weighted by atomic mass is 10.1. The molecule has 0 unspecified atom stereocenters. The Balaban J connectivity index is 1.75. The first-order valence-electron chi connectivity index (χ1n) is 9.70. The van der Waals surface area contributed by atoms with E-state index in [2.05, 4.69) is 94.9 Å². The number of thiophene rings is 2. The Labute approximate surface area is 175 Å². The predicted molar refractivity (Wildman–Crippen MR) is 129 cm³/mol. The Morgan fingerprint density at radius 2 is 1.38 bits per heavy atom. The van der Waals surface area contributed by atoms with Crippen molar-refractivity contribution in [3.05, 3.63) is 90.3 Å². The highest BCUT2D eigenvalue weighted by molar-refractivity contribution is 7.26. The van der Waals surface area contributed by atoms with Crippen molar-refractivity contribution in [3.63, 3.8) is 0 Å². The van der Waals surface area contributed by atoms with Gasteiger partial charge in [0.1, 0.15) is 0 Å². The summed E-state index contributed by atoms with van der Waals surface area (Å²) in [4.78, 5) is 0. The molecule has 0 aliphatic rings. The highest BCUT2D eigenvalue weighted by Gasteiger charge is 2.18. The van der Waals surface area contributed by atoms with Crippen LogP contribution in [-0.4, -0.2) is 4.57 Å². The molecule has 0 aliphatic heterocycles. The lowest BCUT2D eigenvalue weighted by Crippen LogP contribution is -1.94. The second-order valence-electron chi connectivity index (χ2n) is 7.40. The molecule has 0 saturated heterocycles. The van der Waals surface area contributed by atoms with Crippen LogP contribution in [0.15, 0.2) is 90.3 Å². The summed E-state index contributed by atoms with van der Waals surface area (Å²) < 4.78 is 6.52. The van der Waals surface area contributed by atoms with Crippen LogP contribution in [0.1, 0.15) is 0 Å². The van der Waals surface area contributed by atoms with Gasteiger partial charge in [-0.25, -0.2) is 0 Å². The third kappa shape index (κ3) is 2.04. The van der Waals surface area contributed by atoms with Crippen molar-refractivity contribution in [2.45, 2.75) is 0 Å². The molecule has 0 aliphatic carbocycles. The molecule has 1 nitrogen and oxygen atoms in total. The Morgan fingerprint density at radius 3 is 2.34 bits per heavy atom. The van der Waals surface area contributed by atoms with Gasteiger partial charge in [-0.3, -0.25) is 0 Å². The van der Waals surface area contributed by atoms with E-state index >= 15 is 0 Å². The van der Waals surface area contributed by atoms with Gasteiger partial charge in [-0.15, -0.1) is 22.7 Å². The molecule has 0 fully saturated rings. The van der Waals surface area contributed by atoms with Crippen molar-refractivity contribution in [2.75, 3.05) is 0 Å². The van der Waals surface area contributed by atoms with Gasteiger partial charge in [0.05, 0.1) is 21.4 Å². The molecule has 0 N–H and O–H groups in total. The van der Waals surface area contributed by atoms with Crippen LogP contribution in [0.2, 0.25) is 0 Å². The first-order chi connectivity index (χ1) is 14.4. The fourth-order valence-electron chi connectivity index (χ4n) is 4.66. The second-order valence-corrected chi connectivity index (χ2v) is 9.40. The number of nitrogens with zero attached hydrogens (tertiary/aromatic N) is 1. The van der Waals surface area contributed by atoms with Gasteiger partial charge < -0.3 is 4.57 Å². The molecular weight excluding hydrogens is 390 g/mol. The minimum Gasteiger partial charge on any atom is -0.307 e. The van der Waals surface area contributed by atoms with Crippen LogP contribution >= 0.6 is 22.7 Å². The largest absolute Gasteiger partial charge is 0.307 e. The molecule has 3 heteroatoms. The summed E-state index contributed by atoms with van der Waals surface area (Å²) in [7, 11) is 0. The lowest BCUT2D eigenvalue weighted by Gasteiger charge is -2.10. The molecule has 4 aromatic carbocycles. The average molecular weight is 406 g/mol.